The van der Waals surface area contributed by atoms with Gasteiger partial charge in [-0.3, -0.25) is 4.90 Å². The van der Waals surface area contributed by atoms with Crippen molar-refractivity contribution in [2.45, 2.75) is 19.4 Å². The minimum absolute atomic E-state index is 0.0161. The molecule has 0 saturated heterocycles. The van der Waals surface area contributed by atoms with E-state index < -0.39 is 6.09 Å². The molecule has 0 aliphatic carbocycles. The molecular weight excluding hydrogens is 194 g/mol. The van der Waals surface area contributed by atoms with Crippen LogP contribution in [0.4, 0.5) is 10.5 Å². The standard InChI is InChI=1S/C11H15NO3/c1-9(7-8-13)12(11(14)15)10-5-3-2-4-6-10/h2-6,9,13H,7-8H2,1H3,(H,14,15). The summed E-state index contributed by atoms with van der Waals surface area (Å²) in [6.07, 6.45) is -0.566. The summed E-state index contributed by atoms with van der Waals surface area (Å²) in [6, 6.07) is 8.66. The number of hydrogen-bond acceptors (Lipinski definition) is 2. The first-order valence-corrected chi connectivity index (χ1v) is 4.85. The van der Waals surface area contributed by atoms with Gasteiger partial charge in [0.2, 0.25) is 0 Å². The molecule has 1 aromatic carbocycles. The van der Waals surface area contributed by atoms with Crippen LogP contribution in [0.25, 0.3) is 0 Å². The van der Waals surface area contributed by atoms with Gasteiger partial charge in [0.1, 0.15) is 0 Å². The summed E-state index contributed by atoms with van der Waals surface area (Å²) >= 11 is 0. The van der Waals surface area contributed by atoms with Crippen LogP contribution >= 0.6 is 0 Å². The molecule has 0 aromatic heterocycles. The van der Waals surface area contributed by atoms with Crippen LogP contribution in [-0.2, 0) is 0 Å². The Morgan fingerprint density at radius 2 is 2.00 bits per heavy atom. The third-order valence-electron chi connectivity index (χ3n) is 2.23. The van der Waals surface area contributed by atoms with Crippen molar-refractivity contribution in [1.82, 2.24) is 0 Å². The molecule has 4 heteroatoms. The van der Waals surface area contributed by atoms with E-state index in [0.29, 0.717) is 12.1 Å². The fourth-order valence-corrected chi connectivity index (χ4v) is 1.46. The maximum absolute atomic E-state index is 11.1. The van der Waals surface area contributed by atoms with Crippen LogP contribution < -0.4 is 4.90 Å². The highest BCUT2D eigenvalue weighted by atomic mass is 16.4. The van der Waals surface area contributed by atoms with Crippen molar-refractivity contribution in [3.63, 3.8) is 0 Å². The van der Waals surface area contributed by atoms with Crippen LogP contribution in [-0.4, -0.2) is 29.0 Å². The lowest BCUT2D eigenvalue weighted by Gasteiger charge is -2.25. The highest BCUT2D eigenvalue weighted by molar-refractivity contribution is 5.86. The Balaban J connectivity index is 2.88. The van der Waals surface area contributed by atoms with E-state index in [1.165, 1.54) is 4.90 Å². The molecule has 0 spiro atoms. The molecule has 2 N–H and O–H groups in total. The number of aliphatic hydroxyl groups excluding tert-OH is 1. The van der Waals surface area contributed by atoms with Gasteiger partial charge < -0.3 is 10.2 Å². The van der Waals surface area contributed by atoms with Gasteiger partial charge in [0, 0.05) is 18.3 Å². The smallest absolute Gasteiger partial charge is 0.412 e. The first-order chi connectivity index (χ1) is 7.16. The average Bonchev–Trinajstić information content (AvgIpc) is 2.19. The second kappa shape index (κ2) is 5.36. The minimum Gasteiger partial charge on any atom is -0.465 e. The minimum atomic E-state index is -0.998. The van der Waals surface area contributed by atoms with Crippen molar-refractivity contribution in [2.24, 2.45) is 0 Å². The quantitative estimate of drug-likeness (QED) is 0.796. The molecule has 0 fully saturated rings. The second-order valence-corrected chi connectivity index (χ2v) is 3.35. The van der Waals surface area contributed by atoms with Gasteiger partial charge in [-0.05, 0) is 25.5 Å². The number of benzene rings is 1. The summed E-state index contributed by atoms with van der Waals surface area (Å²) in [6.45, 7) is 1.76. The predicted octanol–water partition coefficient (Wildman–Crippen LogP) is 1.94. The summed E-state index contributed by atoms with van der Waals surface area (Å²) in [5.74, 6) is 0. The van der Waals surface area contributed by atoms with Crippen LogP contribution in [0.15, 0.2) is 30.3 Å². The number of aliphatic hydroxyl groups is 1. The highest BCUT2D eigenvalue weighted by Crippen LogP contribution is 2.17. The molecule has 0 heterocycles. The zero-order valence-electron chi connectivity index (χ0n) is 8.63. The summed E-state index contributed by atoms with van der Waals surface area (Å²) < 4.78 is 0. The van der Waals surface area contributed by atoms with E-state index >= 15 is 0 Å². The molecule has 0 saturated carbocycles. The molecule has 1 unspecified atom stereocenters. The van der Waals surface area contributed by atoms with Gasteiger partial charge in [-0.15, -0.1) is 0 Å². The predicted molar refractivity (Wildman–Crippen MR) is 58.1 cm³/mol. The van der Waals surface area contributed by atoms with Gasteiger partial charge in [-0.2, -0.15) is 0 Å². The van der Waals surface area contributed by atoms with E-state index in [-0.39, 0.29) is 12.6 Å². The lowest BCUT2D eigenvalue weighted by atomic mass is 10.2. The summed E-state index contributed by atoms with van der Waals surface area (Å²) in [5.41, 5.74) is 0.631. The monoisotopic (exact) mass is 209 g/mol. The lowest BCUT2D eigenvalue weighted by molar-refractivity contribution is 0.197. The first kappa shape index (κ1) is 11.5. The van der Waals surface area contributed by atoms with Crippen LogP contribution in [0.3, 0.4) is 0 Å². The van der Waals surface area contributed by atoms with Gasteiger partial charge in [-0.1, -0.05) is 18.2 Å². The molecular formula is C11H15NO3. The van der Waals surface area contributed by atoms with Crippen LogP contribution in [0, 0.1) is 0 Å². The first-order valence-electron chi connectivity index (χ1n) is 4.85. The molecule has 0 aliphatic rings. The zero-order valence-corrected chi connectivity index (χ0v) is 8.63. The molecule has 15 heavy (non-hydrogen) atoms. The summed E-state index contributed by atoms with van der Waals surface area (Å²) in [7, 11) is 0. The Morgan fingerprint density at radius 3 is 2.47 bits per heavy atom. The van der Waals surface area contributed by atoms with Gasteiger partial charge in [0.05, 0.1) is 0 Å². The van der Waals surface area contributed by atoms with Crippen molar-refractivity contribution in [3.8, 4) is 0 Å². The normalized spacial score (nSPS) is 12.1. The summed E-state index contributed by atoms with van der Waals surface area (Å²) in [4.78, 5) is 12.3. The van der Waals surface area contributed by atoms with E-state index in [0.717, 1.165) is 0 Å². The van der Waals surface area contributed by atoms with Crippen LogP contribution in [0.1, 0.15) is 13.3 Å². The lowest BCUT2D eigenvalue weighted by Crippen LogP contribution is -2.38. The zero-order chi connectivity index (χ0) is 11.3. The number of para-hydroxylation sites is 1. The van der Waals surface area contributed by atoms with Crippen molar-refractivity contribution >= 4 is 11.8 Å². The van der Waals surface area contributed by atoms with E-state index in [1.54, 1.807) is 31.2 Å². The highest BCUT2D eigenvalue weighted by Gasteiger charge is 2.20. The topological polar surface area (TPSA) is 60.8 Å². The Hall–Kier alpha value is -1.55. The van der Waals surface area contributed by atoms with E-state index in [2.05, 4.69) is 0 Å². The SMILES string of the molecule is CC(CCO)N(C(=O)O)c1ccccc1. The number of rotatable bonds is 4. The fourth-order valence-electron chi connectivity index (χ4n) is 1.46. The molecule has 1 amide bonds. The van der Waals surface area contributed by atoms with Gasteiger partial charge in [-0.25, -0.2) is 4.79 Å². The van der Waals surface area contributed by atoms with Crippen LogP contribution in [0.2, 0.25) is 0 Å². The average molecular weight is 209 g/mol. The maximum Gasteiger partial charge on any atom is 0.412 e. The van der Waals surface area contributed by atoms with E-state index in [4.69, 9.17) is 10.2 Å². The molecule has 0 aliphatic heterocycles. The fraction of sp³-hybridized carbons (Fsp3) is 0.364. The maximum atomic E-state index is 11.1. The van der Waals surface area contributed by atoms with Crippen molar-refractivity contribution < 1.29 is 15.0 Å². The van der Waals surface area contributed by atoms with Gasteiger partial charge >= 0.3 is 6.09 Å². The van der Waals surface area contributed by atoms with Gasteiger partial charge in [0.15, 0.2) is 0 Å². The van der Waals surface area contributed by atoms with E-state index in [9.17, 15) is 4.79 Å². The van der Waals surface area contributed by atoms with Gasteiger partial charge in [0.25, 0.3) is 0 Å². The third kappa shape index (κ3) is 2.95. The Morgan fingerprint density at radius 1 is 1.40 bits per heavy atom. The number of amides is 1. The Kier molecular flexibility index (Phi) is 4.12. The van der Waals surface area contributed by atoms with Crippen molar-refractivity contribution in [3.05, 3.63) is 30.3 Å². The molecule has 82 valence electrons. The number of carboxylic acid groups (broad SMARTS) is 1. The Labute approximate surface area is 88.8 Å². The largest absolute Gasteiger partial charge is 0.465 e. The second-order valence-electron chi connectivity index (χ2n) is 3.35. The molecule has 0 bridgehead atoms. The van der Waals surface area contributed by atoms with Crippen molar-refractivity contribution in [2.75, 3.05) is 11.5 Å². The summed E-state index contributed by atoms with van der Waals surface area (Å²) in [5, 5.41) is 17.9. The molecule has 4 nitrogen and oxygen atoms in total. The molecule has 1 aromatic rings. The van der Waals surface area contributed by atoms with Crippen molar-refractivity contribution in [1.29, 1.82) is 0 Å². The number of nitrogens with zero attached hydrogens (tertiary/aromatic N) is 1. The third-order valence-corrected chi connectivity index (χ3v) is 2.23. The number of carbonyl (C=O) groups is 1. The molecule has 1 atom stereocenters. The Bertz CT molecular complexity index is 313. The number of hydrogen-bond donors (Lipinski definition) is 2. The van der Waals surface area contributed by atoms with Crippen LogP contribution in [0.5, 0.6) is 0 Å². The number of anilines is 1. The van der Waals surface area contributed by atoms with E-state index in [1.807, 2.05) is 6.07 Å². The molecule has 1 rings (SSSR count). The molecule has 0 radical (unpaired) electrons.